The molecule has 6 nitrogen and oxygen atoms in total. The number of Topliss-reactive ketones (excluding diaryl/α,β-unsaturated/α-hetero) is 1. The van der Waals surface area contributed by atoms with Crippen LogP contribution in [0.1, 0.15) is 21.7 Å². The number of nitrogens with one attached hydrogen (secondary N) is 1. The predicted octanol–water partition coefficient (Wildman–Crippen LogP) is 2.92. The number of rotatable bonds is 9. The van der Waals surface area contributed by atoms with Gasteiger partial charge in [0.2, 0.25) is 5.91 Å². The molecule has 0 saturated heterocycles. The van der Waals surface area contributed by atoms with Crippen LogP contribution < -0.4 is 5.32 Å². The summed E-state index contributed by atoms with van der Waals surface area (Å²) in [5, 5.41) is 2.18. The van der Waals surface area contributed by atoms with Gasteiger partial charge in [0.1, 0.15) is 0 Å². The van der Waals surface area contributed by atoms with Crippen LogP contribution in [0.15, 0.2) is 18.2 Å². The molecule has 9 heteroatoms. The van der Waals surface area contributed by atoms with Crippen LogP contribution in [-0.2, 0) is 16.1 Å². The number of ketones is 1. The number of aromatic nitrogens is 1. The number of anilines is 1. The van der Waals surface area contributed by atoms with Gasteiger partial charge in [-0.2, -0.15) is 0 Å². The molecule has 0 bridgehead atoms. The van der Waals surface area contributed by atoms with Gasteiger partial charge >= 0.3 is 0 Å². The maximum Gasteiger partial charge on any atom is 0.238 e. The summed E-state index contributed by atoms with van der Waals surface area (Å²) in [6.07, 6.45) is 0. The van der Waals surface area contributed by atoms with E-state index in [1.54, 1.807) is 20.2 Å². The van der Waals surface area contributed by atoms with E-state index in [4.69, 9.17) is 4.74 Å². The van der Waals surface area contributed by atoms with Crippen molar-refractivity contribution in [2.45, 2.75) is 20.4 Å². The summed E-state index contributed by atoms with van der Waals surface area (Å²) >= 11 is 0. The Morgan fingerprint density at radius 3 is 2.48 bits per heavy atom. The number of hydrogen-bond donors (Lipinski definition) is 1. The third-order valence-corrected chi connectivity index (χ3v) is 4.53. The van der Waals surface area contributed by atoms with Gasteiger partial charge in [-0.1, -0.05) is 0 Å². The molecule has 0 radical (unpaired) electrons. The van der Waals surface area contributed by atoms with Crippen LogP contribution in [0.2, 0.25) is 0 Å². The number of ether oxygens (including phenoxy) is 1. The highest BCUT2D eigenvalue weighted by molar-refractivity contribution is 5.99. The van der Waals surface area contributed by atoms with Crippen LogP contribution in [0.4, 0.5) is 18.9 Å². The lowest BCUT2D eigenvalue weighted by Gasteiger charge is -2.16. The van der Waals surface area contributed by atoms with Crippen LogP contribution in [0.25, 0.3) is 0 Å². The highest BCUT2D eigenvalue weighted by Gasteiger charge is 2.19. The van der Waals surface area contributed by atoms with E-state index in [-0.39, 0.29) is 18.9 Å². The number of hydrogen-bond acceptors (Lipinski definition) is 4. The van der Waals surface area contributed by atoms with E-state index in [1.807, 2.05) is 18.4 Å². The largest absolute Gasteiger partial charge is 0.383 e. The number of amides is 1. The highest BCUT2D eigenvalue weighted by Crippen LogP contribution is 2.20. The van der Waals surface area contributed by atoms with Crippen molar-refractivity contribution in [3.8, 4) is 0 Å². The second kappa shape index (κ2) is 9.71. The number of carbonyl (C=O) groups is 2. The molecule has 0 saturated carbocycles. The minimum atomic E-state index is -1.66. The van der Waals surface area contributed by atoms with Crippen molar-refractivity contribution in [2.24, 2.45) is 0 Å². The van der Waals surface area contributed by atoms with Gasteiger partial charge in [-0.25, -0.2) is 13.2 Å². The maximum atomic E-state index is 13.7. The lowest BCUT2D eigenvalue weighted by Crippen LogP contribution is -2.34. The van der Waals surface area contributed by atoms with Crippen molar-refractivity contribution in [1.82, 2.24) is 9.47 Å². The average Bonchev–Trinajstić information content (AvgIpc) is 2.94. The first kappa shape index (κ1) is 22.6. The van der Waals surface area contributed by atoms with Gasteiger partial charge in [0.05, 0.1) is 25.4 Å². The number of nitrogens with zero attached hydrogens (tertiary/aromatic N) is 2. The first-order valence-corrected chi connectivity index (χ1v) is 8.96. The van der Waals surface area contributed by atoms with E-state index in [1.165, 1.54) is 4.90 Å². The zero-order chi connectivity index (χ0) is 21.7. The molecular formula is C20H24F3N3O3. The molecule has 0 aliphatic rings. The smallest absolute Gasteiger partial charge is 0.238 e. The van der Waals surface area contributed by atoms with Crippen molar-refractivity contribution in [2.75, 3.05) is 39.2 Å². The molecule has 1 aromatic heterocycles. The molecule has 0 atom stereocenters. The Morgan fingerprint density at radius 1 is 1.14 bits per heavy atom. The van der Waals surface area contributed by atoms with Crippen LogP contribution in [-0.4, -0.2) is 55.0 Å². The fourth-order valence-electron chi connectivity index (χ4n) is 3.05. The third-order valence-electron chi connectivity index (χ3n) is 4.53. The molecule has 2 aromatic rings. The Hall–Kier alpha value is -2.65. The third kappa shape index (κ3) is 5.45. The minimum absolute atomic E-state index is 0.0394. The van der Waals surface area contributed by atoms with Crippen LogP contribution in [0.3, 0.4) is 0 Å². The summed E-state index contributed by atoms with van der Waals surface area (Å²) in [6, 6.07) is 3.45. The molecule has 0 fully saturated rings. The number of likely N-dealkylation sites (N-methyl/N-ethyl adjacent to an activating group) is 1. The molecule has 0 aliphatic heterocycles. The van der Waals surface area contributed by atoms with Crippen molar-refractivity contribution in [3.05, 3.63) is 52.6 Å². The number of methoxy groups -OCH3 is 1. The summed E-state index contributed by atoms with van der Waals surface area (Å²) in [7, 11) is 3.16. The fraction of sp³-hybridized carbons (Fsp3) is 0.400. The minimum Gasteiger partial charge on any atom is -0.383 e. The Morgan fingerprint density at radius 2 is 1.83 bits per heavy atom. The number of aryl methyl sites for hydroxylation is 1. The summed E-state index contributed by atoms with van der Waals surface area (Å²) in [5.74, 6) is -5.30. The topological polar surface area (TPSA) is 63.6 Å². The summed E-state index contributed by atoms with van der Waals surface area (Å²) in [4.78, 5) is 26.1. The van der Waals surface area contributed by atoms with Gasteiger partial charge in [0.25, 0.3) is 0 Å². The highest BCUT2D eigenvalue weighted by atomic mass is 19.2. The van der Waals surface area contributed by atoms with Gasteiger partial charge < -0.3 is 14.6 Å². The Kier molecular flexibility index (Phi) is 7.58. The van der Waals surface area contributed by atoms with E-state index in [0.29, 0.717) is 18.7 Å². The van der Waals surface area contributed by atoms with Gasteiger partial charge in [0, 0.05) is 30.6 Å². The van der Waals surface area contributed by atoms with Crippen molar-refractivity contribution in [1.29, 1.82) is 0 Å². The summed E-state index contributed by atoms with van der Waals surface area (Å²) in [5.41, 5.74) is 1.83. The second-order valence-corrected chi connectivity index (χ2v) is 6.80. The predicted molar refractivity (Wildman–Crippen MR) is 103 cm³/mol. The Balaban J connectivity index is 1.98. The first-order valence-electron chi connectivity index (χ1n) is 8.96. The molecule has 0 aliphatic carbocycles. The normalized spacial score (nSPS) is 11.2. The van der Waals surface area contributed by atoms with Crippen molar-refractivity contribution < 1.29 is 27.5 Å². The standard InChI is InChI=1S/C20H24F3N3O3/c1-12-9-14(13(2)26(12)7-8-29-4)17(27)10-25(3)11-18(28)24-16-6-5-15(21)19(22)20(16)23/h5-6,9H,7-8,10-11H2,1-4H3,(H,24,28). The van der Waals surface area contributed by atoms with E-state index >= 15 is 0 Å². The van der Waals surface area contributed by atoms with E-state index < -0.39 is 29.0 Å². The van der Waals surface area contributed by atoms with E-state index in [0.717, 1.165) is 23.5 Å². The molecular weight excluding hydrogens is 387 g/mol. The lowest BCUT2D eigenvalue weighted by molar-refractivity contribution is -0.116. The molecule has 1 N–H and O–H groups in total. The quantitative estimate of drug-likeness (QED) is 0.509. The van der Waals surface area contributed by atoms with Crippen LogP contribution in [0.5, 0.6) is 0 Å². The zero-order valence-electron chi connectivity index (χ0n) is 16.8. The van der Waals surface area contributed by atoms with Crippen LogP contribution >= 0.6 is 0 Å². The first-order chi connectivity index (χ1) is 13.6. The molecule has 158 valence electrons. The van der Waals surface area contributed by atoms with E-state index in [2.05, 4.69) is 5.32 Å². The summed E-state index contributed by atoms with van der Waals surface area (Å²) < 4.78 is 46.9. The SMILES string of the molecule is COCCn1c(C)cc(C(=O)CN(C)CC(=O)Nc2ccc(F)c(F)c2F)c1C. The molecule has 1 aromatic carbocycles. The number of halogens is 3. The molecule has 1 heterocycles. The van der Waals surface area contributed by atoms with Gasteiger partial charge in [0.15, 0.2) is 23.2 Å². The molecule has 2 rings (SSSR count). The molecule has 29 heavy (non-hydrogen) atoms. The van der Waals surface area contributed by atoms with Crippen molar-refractivity contribution in [3.63, 3.8) is 0 Å². The number of carbonyl (C=O) groups excluding carboxylic acids is 2. The fourth-order valence-corrected chi connectivity index (χ4v) is 3.05. The Labute approximate surface area is 167 Å². The monoisotopic (exact) mass is 411 g/mol. The summed E-state index contributed by atoms with van der Waals surface area (Å²) in [6.45, 7) is 4.61. The molecule has 1 amide bonds. The zero-order valence-corrected chi connectivity index (χ0v) is 16.8. The Bertz CT molecular complexity index is 912. The molecule has 0 spiro atoms. The molecule has 0 unspecified atom stereocenters. The second-order valence-electron chi connectivity index (χ2n) is 6.80. The number of benzene rings is 1. The van der Waals surface area contributed by atoms with Gasteiger partial charge in [-0.05, 0) is 39.1 Å². The lowest BCUT2D eigenvalue weighted by atomic mass is 10.1. The van der Waals surface area contributed by atoms with Crippen LogP contribution in [0, 0.1) is 31.3 Å². The average molecular weight is 411 g/mol. The van der Waals surface area contributed by atoms with Crippen molar-refractivity contribution >= 4 is 17.4 Å². The van der Waals surface area contributed by atoms with Gasteiger partial charge in [-0.15, -0.1) is 0 Å². The van der Waals surface area contributed by atoms with Gasteiger partial charge in [-0.3, -0.25) is 14.5 Å². The maximum absolute atomic E-state index is 13.7. The van der Waals surface area contributed by atoms with E-state index in [9.17, 15) is 22.8 Å².